The van der Waals surface area contributed by atoms with Crippen molar-refractivity contribution in [1.82, 2.24) is 29.5 Å². The summed E-state index contributed by atoms with van der Waals surface area (Å²) in [4.78, 5) is 36.9. The van der Waals surface area contributed by atoms with Gasteiger partial charge in [0.2, 0.25) is 0 Å². The first-order chi connectivity index (χ1) is 15.3. The van der Waals surface area contributed by atoms with Crippen LogP contribution < -0.4 is 11.1 Å². The number of halogens is 2. The fourth-order valence-corrected chi connectivity index (χ4v) is 3.85. The van der Waals surface area contributed by atoms with Gasteiger partial charge in [-0.3, -0.25) is 9.59 Å². The zero-order valence-electron chi connectivity index (χ0n) is 17.1. The van der Waals surface area contributed by atoms with Gasteiger partial charge in [-0.2, -0.15) is 5.10 Å². The summed E-state index contributed by atoms with van der Waals surface area (Å²) in [5.41, 5.74) is 6.40. The van der Waals surface area contributed by atoms with E-state index in [1.807, 2.05) is 7.05 Å². The summed E-state index contributed by atoms with van der Waals surface area (Å²) in [6.07, 6.45) is 4.33. The van der Waals surface area contributed by atoms with Gasteiger partial charge in [-0.25, -0.2) is 14.6 Å². The van der Waals surface area contributed by atoms with Crippen LogP contribution >= 0.6 is 23.2 Å². The number of carbonyl (C=O) groups excluding carboxylic acids is 2. The molecule has 1 aromatic carbocycles. The second kappa shape index (κ2) is 9.11. The molecule has 4 rings (SSSR count). The second-order valence-corrected chi connectivity index (χ2v) is 8.09. The lowest BCUT2D eigenvalue weighted by atomic mass is 10.3. The number of nitrogens with two attached hydrogens (primary N) is 1. The molecule has 3 N–H and O–H groups in total. The molecule has 2 amide bonds. The summed E-state index contributed by atoms with van der Waals surface area (Å²) in [7, 11) is 2.02. The number of rotatable bonds is 5. The summed E-state index contributed by atoms with van der Waals surface area (Å²) in [6, 6.07) is 5.01. The first kappa shape index (κ1) is 22.0. The van der Waals surface area contributed by atoms with Gasteiger partial charge < -0.3 is 20.9 Å². The third kappa shape index (κ3) is 4.52. The third-order valence-electron chi connectivity index (χ3n) is 5.04. The highest BCUT2D eigenvalue weighted by Gasteiger charge is 2.22. The Labute approximate surface area is 193 Å². The molecule has 10 nitrogen and oxygen atoms in total. The average molecular weight is 475 g/mol. The SMILES string of the molecule is CN1CCN(C(=O)c2cnc(Nc3cn(-c4c(Cl)cccc4Cl)nc3C(N)=O)cn2)CC1. The van der Waals surface area contributed by atoms with Gasteiger partial charge in [-0.15, -0.1) is 0 Å². The van der Waals surface area contributed by atoms with Gasteiger partial charge in [0.25, 0.3) is 11.8 Å². The molecule has 3 heterocycles. The summed E-state index contributed by atoms with van der Waals surface area (Å²) in [6.45, 7) is 2.91. The van der Waals surface area contributed by atoms with E-state index in [9.17, 15) is 9.59 Å². The Morgan fingerprint density at radius 2 is 1.75 bits per heavy atom. The van der Waals surface area contributed by atoms with E-state index in [1.165, 1.54) is 23.3 Å². The van der Waals surface area contributed by atoms with Crippen molar-refractivity contribution in [3.8, 4) is 5.69 Å². The van der Waals surface area contributed by atoms with E-state index in [1.54, 1.807) is 23.1 Å². The maximum Gasteiger partial charge on any atom is 0.274 e. The molecule has 0 bridgehead atoms. The van der Waals surface area contributed by atoms with Crippen molar-refractivity contribution in [2.45, 2.75) is 0 Å². The molecule has 0 saturated carbocycles. The first-order valence-electron chi connectivity index (χ1n) is 9.74. The minimum absolute atomic E-state index is 0.0274. The van der Waals surface area contributed by atoms with Gasteiger partial charge >= 0.3 is 0 Å². The monoisotopic (exact) mass is 474 g/mol. The van der Waals surface area contributed by atoms with Crippen molar-refractivity contribution in [1.29, 1.82) is 0 Å². The van der Waals surface area contributed by atoms with Crippen LogP contribution in [0.3, 0.4) is 0 Å². The number of benzene rings is 1. The molecular weight excluding hydrogens is 455 g/mol. The van der Waals surface area contributed by atoms with Crippen LogP contribution in [0.4, 0.5) is 11.5 Å². The molecule has 1 saturated heterocycles. The Kier molecular flexibility index (Phi) is 6.26. The number of likely N-dealkylation sites (N-methyl/N-ethyl adjacent to an activating group) is 1. The van der Waals surface area contributed by atoms with E-state index in [0.29, 0.717) is 40.3 Å². The summed E-state index contributed by atoms with van der Waals surface area (Å²) >= 11 is 12.5. The van der Waals surface area contributed by atoms with Crippen LogP contribution in [0, 0.1) is 0 Å². The molecule has 1 aliphatic rings. The number of amides is 2. The number of nitrogens with one attached hydrogen (secondary N) is 1. The molecular formula is C20H20Cl2N8O2. The molecule has 1 aliphatic heterocycles. The van der Waals surface area contributed by atoms with Crippen LogP contribution in [0.5, 0.6) is 0 Å². The zero-order chi connectivity index (χ0) is 22.8. The Morgan fingerprint density at radius 1 is 1.06 bits per heavy atom. The topological polar surface area (TPSA) is 122 Å². The van der Waals surface area contributed by atoms with Crippen molar-refractivity contribution in [2.75, 3.05) is 38.5 Å². The lowest BCUT2D eigenvalue weighted by Crippen LogP contribution is -2.47. The highest BCUT2D eigenvalue weighted by molar-refractivity contribution is 6.37. The summed E-state index contributed by atoms with van der Waals surface area (Å²) in [5, 5.41) is 7.88. The van der Waals surface area contributed by atoms with Gasteiger partial charge in [-0.05, 0) is 19.2 Å². The van der Waals surface area contributed by atoms with Crippen LogP contribution in [0.2, 0.25) is 10.0 Å². The lowest BCUT2D eigenvalue weighted by Gasteiger charge is -2.32. The molecule has 0 radical (unpaired) electrons. The Bertz CT molecular complexity index is 1140. The molecule has 32 heavy (non-hydrogen) atoms. The highest BCUT2D eigenvalue weighted by Crippen LogP contribution is 2.30. The number of hydrogen-bond acceptors (Lipinski definition) is 7. The van der Waals surface area contributed by atoms with Crippen LogP contribution in [0.25, 0.3) is 5.69 Å². The normalized spacial score (nSPS) is 14.4. The van der Waals surface area contributed by atoms with E-state index in [-0.39, 0.29) is 17.3 Å². The number of carbonyl (C=O) groups is 2. The predicted molar refractivity (Wildman–Crippen MR) is 121 cm³/mol. The number of piperazine rings is 1. The largest absolute Gasteiger partial charge is 0.364 e. The predicted octanol–water partition coefficient (Wildman–Crippen LogP) is 2.20. The molecule has 2 aromatic heterocycles. The number of nitrogens with zero attached hydrogens (tertiary/aromatic N) is 6. The van der Waals surface area contributed by atoms with Gasteiger partial charge in [0.1, 0.15) is 17.2 Å². The Morgan fingerprint density at radius 3 is 2.34 bits per heavy atom. The smallest absolute Gasteiger partial charge is 0.274 e. The van der Waals surface area contributed by atoms with Crippen LogP contribution in [-0.4, -0.2) is 74.6 Å². The van der Waals surface area contributed by atoms with Crippen molar-refractivity contribution < 1.29 is 9.59 Å². The number of aromatic nitrogens is 4. The van der Waals surface area contributed by atoms with E-state index >= 15 is 0 Å². The molecule has 0 spiro atoms. The summed E-state index contributed by atoms with van der Waals surface area (Å²) in [5.74, 6) is -0.604. The van der Waals surface area contributed by atoms with Gasteiger partial charge in [-0.1, -0.05) is 29.3 Å². The molecule has 12 heteroatoms. The molecule has 0 atom stereocenters. The highest BCUT2D eigenvalue weighted by atomic mass is 35.5. The number of primary amides is 1. The maximum atomic E-state index is 12.6. The Hall–Kier alpha value is -3.21. The fraction of sp³-hybridized carbons (Fsp3) is 0.250. The minimum Gasteiger partial charge on any atom is -0.364 e. The average Bonchev–Trinajstić information content (AvgIpc) is 3.18. The van der Waals surface area contributed by atoms with E-state index in [0.717, 1.165) is 13.1 Å². The zero-order valence-corrected chi connectivity index (χ0v) is 18.6. The first-order valence-corrected chi connectivity index (χ1v) is 10.5. The van der Waals surface area contributed by atoms with Crippen molar-refractivity contribution >= 4 is 46.5 Å². The summed E-state index contributed by atoms with van der Waals surface area (Å²) < 4.78 is 1.37. The van der Waals surface area contributed by atoms with Gasteiger partial charge in [0.05, 0.1) is 34.3 Å². The van der Waals surface area contributed by atoms with Crippen LogP contribution in [-0.2, 0) is 0 Å². The molecule has 0 aliphatic carbocycles. The third-order valence-corrected chi connectivity index (χ3v) is 5.65. The van der Waals surface area contributed by atoms with E-state index in [4.69, 9.17) is 28.9 Å². The maximum absolute atomic E-state index is 12.6. The van der Waals surface area contributed by atoms with E-state index in [2.05, 4.69) is 25.3 Å². The number of para-hydroxylation sites is 1. The van der Waals surface area contributed by atoms with Crippen molar-refractivity contribution in [2.24, 2.45) is 5.73 Å². The molecule has 0 unspecified atom stereocenters. The lowest BCUT2D eigenvalue weighted by molar-refractivity contribution is 0.0657. The van der Waals surface area contributed by atoms with E-state index < -0.39 is 5.91 Å². The minimum atomic E-state index is -0.746. The second-order valence-electron chi connectivity index (χ2n) is 7.28. The Balaban J connectivity index is 1.56. The number of anilines is 2. The molecule has 1 fully saturated rings. The molecule has 166 valence electrons. The quantitative estimate of drug-likeness (QED) is 0.580. The van der Waals surface area contributed by atoms with Crippen LogP contribution in [0.15, 0.2) is 36.8 Å². The van der Waals surface area contributed by atoms with Crippen molar-refractivity contribution in [3.63, 3.8) is 0 Å². The number of hydrogen-bond donors (Lipinski definition) is 2. The molecule has 3 aromatic rings. The van der Waals surface area contributed by atoms with Crippen molar-refractivity contribution in [3.05, 3.63) is 58.2 Å². The van der Waals surface area contributed by atoms with Crippen LogP contribution in [0.1, 0.15) is 21.0 Å². The standard InChI is InChI=1S/C20H20Cl2N8O2/c1-28-5-7-29(8-6-28)20(32)14-9-25-16(10-24-14)26-15-11-30(27-17(15)19(23)31)18-12(21)3-2-4-13(18)22/h2-4,9-11H,5-8H2,1H3,(H2,23,31)(H,25,26). The fourth-order valence-electron chi connectivity index (χ4n) is 3.28. The van der Waals surface area contributed by atoms with Gasteiger partial charge in [0.15, 0.2) is 5.69 Å². The van der Waals surface area contributed by atoms with Gasteiger partial charge in [0, 0.05) is 26.2 Å².